The number of ether oxygens (including phenoxy) is 1. The van der Waals surface area contributed by atoms with Gasteiger partial charge < -0.3 is 14.9 Å². The van der Waals surface area contributed by atoms with Gasteiger partial charge in [0.15, 0.2) is 0 Å². The summed E-state index contributed by atoms with van der Waals surface area (Å²) in [6.07, 6.45) is 10.2. The third-order valence-electron chi connectivity index (χ3n) is 3.40. The summed E-state index contributed by atoms with van der Waals surface area (Å²) in [4.78, 5) is 0. The minimum atomic E-state index is -0.843. The molecule has 0 aromatic rings. The van der Waals surface area contributed by atoms with Gasteiger partial charge in [-0.25, -0.2) is 0 Å². The van der Waals surface area contributed by atoms with Crippen molar-refractivity contribution in [2.24, 2.45) is 5.92 Å². The van der Waals surface area contributed by atoms with Gasteiger partial charge in [-0.1, -0.05) is 50.6 Å². The maximum Gasteiger partial charge on any atom is 0.110 e. The molecule has 0 saturated carbocycles. The maximum atomic E-state index is 10.00. The first-order valence-electron chi connectivity index (χ1n) is 7.05. The molecule has 0 aromatic carbocycles. The van der Waals surface area contributed by atoms with Crippen LogP contribution < -0.4 is 0 Å². The fraction of sp³-hybridized carbons (Fsp3) is 0.625. The Morgan fingerprint density at radius 1 is 1.21 bits per heavy atom. The molecule has 108 valence electrons. The predicted octanol–water partition coefficient (Wildman–Crippen LogP) is 2.60. The summed E-state index contributed by atoms with van der Waals surface area (Å²) in [5.74, 6) is -0.0217. The molecule has 1 fully saturated rings. The highest BCUT2D eigenvalue weighted by atomic mass is 16.5. The van der Waals surface area contributed by atoms with Gasteiger partial charge in [0.25, 0.3) is 0 Å². The van der Waals surface area contributed by atoms with E-state index >= 15 is 0 Å². The number of aliphatic hydroxyl groups is 2. The van der Waals surface area contributed by atoms with Crippen LogP contribution in [0.5, 0.6) is 0 Å². The number of rotatable bonds is 5. The molecule has 1 heterocycles. The van der Waals surface area contributed by atoms with E-state index in [0.29, 0.717) is 6.61 Å². The third-order valence-corrected chi connectivity index (χ3v) is 3.40. The molecular formula is C16H26O3. The molecule has 4 unspecified atom stereocenters. The van der Waals surface area contributed by atoms with Crippen molar-refractivity contribution in [3.05, 3.63) is 36.0 Å². The van der Waals surface area contributed by atoms with Crippen LogP contribution >= 0.6 is 0 Å². The van der Waals surface area contributed by atoms with Gasteiger partial charge in [-0.2, -0.15) is 0 Å². The lowest BCUT2D eigenvalue weighted by Crippen LogP contribution is -2.49. The summed E-state index contributed by atoms with van der Waals surface area (Å²) in [7, 11) is 0. The first-order chi connectivity index (χ1) is 9.07. The second kappa shape index (κ2) is 8.31. The molecule has 1 aliphatic rings. The van der Waals surface area contributed by atoms with Crippen molar-refractivity contribution >= 4 is 0 Å². The van der Waals surface area contributed by atoms with Crippen LogP contribution in [0.3, 0.4) is 0 Å². The van der Waals surface area contributed by atoms with E-state index in [1.807, 2.05) is 38.2 Å². The Morgan fingerprint density at radius 3 is 2.63 bits per heavy atom. The molecule has 0 aliphatic carbocycles. The zero-order chi connectivity index (χ0) is 14.3. The van der Waals surface area contributed by atoms with Crippen molar-refractivity contribution in [1.29, 1.82) is 0 Å². The SMILES string of the molecule is CCC/C=C/C=C/C=C(\C)C1OCC(C)C(O)C1O. The molecule has 0 bridgehead atoms. The normalized spacial score (nSPS) is 33.4. The standard InChI is InChI=1S/C16H26O3/c1-4-5-6-7-8-9-10-12(2)16-15(18)14(17)13(3)11-19-16/h6-10,13-18H,4-5,11H2,1-3H3/b7-6+,9-8+,12-10+. The topological polar surface area (TPSA) is 49.7 Å². The van der Waals surface area contributed by atoms with E-state index in [-0.39, 0.29) is 5.92 Å². The first kappa shape index (κ1) is 16.2. The van der Waals surface area contributed by atoms with Gasteiger partial charge in [0, 0.05) is 5.92 Å². The van der Waals surface area contributed by atoms with Crippen LogP contribution in [0.25, 0.3) is 0 Å². The Bertz CT molecular complexity index is 344. The van der Waals surface area contributed by atoms with Crippen molar-refractivity contribution in [3.63, 3.8) is 0 Å². The molecule has 4 atom stereocenters. The highest BCUT2D eigenvalue weighted by Gasteiger charge is 2.36. The fourth-order valence-corrected chi connectivity index (χ4v) is 2.08. The number of hydrogen-bond donors (Lipinski definition) is 2. The quantitative estimate of drug-likeness (QED) is 0.752. The Morgan fingerprint density at radius 2 is 1.95 bits per heavy atom. The van der Waals surface area contributed by atoms with Crippen LogP contribution in [0.15, 0.2) is 36.0 Å². The second-order valence-electron chi connectivity index (χ2n) is 5.22. The molecule has 1 saturated heterocycles. The van der Waals surface area contributed by atoms with Crippen molar-refractivity contribution < 1.29 is 14.9 Å². The Hall–Kier alpha value is -0.900. The summed E-state index contributed by atoms with van der Waals surface area (Å²) in [6, 6.07) is 0. The molecule has 2 N–H and O–H groups in total. The monoisotopic (exact) mass is 266 g/mol. The van der Waals surface area contributed by atoms with Gasteiger partial charge in [0.1, 0.15) is 12.2 Å². The van der Waals surface area contributed by atoms with Crippen LogP contribution in [-0.2, 0) is 4.74 Å². The lowest BCUT2D eigenvalue weighted by molar-refractivity contribution is -0.147. The summed E-state index contributed by atoms with van der Waals surface area (Å²) < 4.78 is 5.60. The highest BCUT2D eigenvalue weighted by molar-refractivity contribution is 5.20. The van der Waals surface area contributed by atoms with Crippen LogP contribution in [0.1, 0.15) is 33.6 Å². The Labute approximate surface area is 116 Å². The van der Waals surface area contributed by atoms with E-state index in [4.69, 9.17) is 4.74 Å². The minimum Gasteiger partial charge on any atom is -0.390 e. The molecule has 0 amide bonds. The zero-order valence-electron chi connectivity index (χ0n) is 12.1. The van der Waals surface area contributed by atoms with Gasteiger partial charge in [0.2, 0.25) is 0 Å². The number of hydrogen-bond acceptors (Lipinski definition) is 3. The number of aliphatic hydroxyl groups excluding tert-OH is 2. The van der Waals surface area contributed by atoms with Crippen molar-refractivity contribution in [3.8, 4) is 0 Å². The van der Waals surface area contributed by atoms with Crippen LogP contribution in [-0.4, -0.2) is 35.1 Å². The van der Waals surface area contributed by atoms with Crippen LogP contribution in [0.2, 0.25) is 0 Å². The Balaban J connectivity index is 2.54. The van der Waals surface area contributed by atoms with Crippen LogP contribution in [0.4, 0.5) is 0 Å². The largest absolute Gasteiger partial charge is 0.390 e. The van der Waals surface area contributed by atoms with E-state index in [1.165, 1.54) is 0 Å². The van der Waals surface area contributed by atoms with Gasteiger partial charge in [-0.3, -0.25) is 0 Å². The smallest absolute Gasteiger partial charge is 0.110 e. The highest BCUT2D eigenvalue weighted by Crippen LogP contribution is 2.24. The third kappa shape index (κ3) is 4.94. The Kier molecular flexibility index (Phi) is 7.06. The van der Waals surface area contributed by atoms with E-state index in [0.717, 1.165) is 18.4 Å². The molecule has 0 radical (unpaired) electrons. The van der Waals surface area contributed by atoms with Gasteiger partial charge in [-0.05, 0) is 18.9 Å². The molecular weight excluding hydrogens is 240 g/mol. The van der Waals surface area contributed by atoms with Crippen molar-refractivity contribution in [2.45, 2.75) is 51.9 Å². The molecule has 19 heavy (non-hydrogen) atoms. The molecule has 0 aromatic heterocycles. The predicted molar refractivity (Wildman–Crippen MR) is 77.9 cm³/mol. The number of allylic oxidation sites excluding steroid dienone is 5. The average Bonchev–Trinajstić information content (AvgIpc) is 2.40. The summed E-state index contributed by atoms with van der Waals surface area (Å²) in [5.41, 5.74) is 0.929. The molecule has 1 aliphatic heterocycles. The minimum absolute atomic E-state index is 0.0217. The van der Waals surface area contributed by atoms with Crippen molar-refractivity contribution in [1.82, 2.24) is 0 Å². The van der Waals surface area contributed by atoms with E-state index in [1.54, 1.807) is 0 Å². The molecule has 0 spiro atoms. The van der Waals surface area contributed by atoms with E-state index < -0.39 is 18.3 Å². The molecule has 3 heteroatoms. The number of unbranched alkanes of at least 4 members (excludes halogenated alkanes) is 1. The second-order valence-corrected chi connectivity index (χ2v) is 5.22. The van der Waals surface area contributed by atoms with Gasteiger partial charge >= 0.3 is 0 Å². The molecule has 3 nitrogen and oxygen atoms in total. The van der Waals surface area contributed by atoms with Crippen molar-refractivity contribution in [2.75, 3.05) is 6.61 Å². The summed E-state index contributed by atoms with van der Waals surface area (Å²) in [5, 5.41) is 19.8. The van der Waals surface area contributed by atoms with E-state index in [9.17, 15) is 10.2 Å². The summed E-state index contributed by atoms with van der Waals surface area (Å²) in [6.45, 7) is 6.42. The lowest BCUT2D eigenvalue weighted by atomic mass is 9.90. The van der Waals surface area contributed by atoms with Gasteiger partial charge in [0.05, 0.1) is 12.7 Å². The zero-order valence-corrected chi connectivity index (χ0v) is 12.1. The maximum absolute atomic E-state index is 10.00. The first-order valence-corrected chi connectivity index (χ1v) is 7.05. The summed E-state index contributed by atoms with van der Waals surface area (Å²) >= 11 is 0. The van der Waals surface area contributed by atoms with E-state index in [2.05, 4.69) is 13.0 Å². The molecule has 1 rings (SSSR count). The average molecular weight is 266 g/mol. The van der Waals surface area contributed by atoms with Gasteiger partial charge in [-0.15, -0.1) is 0 Å². The van der Waals surface area contributed by atoms with Crippen LogP contribution in [0, 0.1) is 5.92 Å². The fourth-order valence-electron chi connectivity index (χ4n) is 2.08. The lowest BCUT2D eigenvalue weighted by Gasteiger charge is -2.36.